The second-order valence-corrected chi connectivity index (χ2v) is 8.65. The predicted octanol–water partition coefficient (Wildman–Crippen LogP) is 3.09. The minimum atomic E-state index is -4.48. The highest BCUT2D eigenvalue weighted by atomic mass is 19.4. The summed E-state index contributed by atoms with van der Waals surface area (Å²) >= 11 is 0. The van der Waals surface area contributed by atoms with Gasteiger partial charge in [0.25, 0.3) is 0 Å². The molecule has 1 fully saturated rings. The molecule has 4 heterocycles. The summed E-state index contributed by atoms with van der Waals surface area (Å²) in [4.78, 5) is 31.7. The molecule has 36 heavy (non-hydrogen) atoms. The van der Waals surface area contributed by atoms with Crippen LogP contribution >= 0.6 is 0 Å². The number of piperazine rings is 1. The number of fused-ring (bicyclic) bond motifs is 1. The fraction of sp³-hybridized carbons (Fsp3) is 0.348. The van der Waals surface area contributed by atoms with Gasteiger partial charge in [0, 0.05) is 51.5 Å². The SMILES string of the molecule is Cn1ncnc1-c1ccc2nc(Nc3cc(CN4CCN(C(=O)CC(F)(F)F)CC4)ccn3)[nH]c2c1. The topological polar surface area (TPSA) is 108 Å². The zero-order valence-corrected chi connectivity index (χ0v) is 19.5. The first-order valence-electron chi connectivity index (χ1n) is 11.4. The number of nitrogens with zero attached hydrogens (tertiary/aromatic N) is 7. The van der Waals surface area contributed by atoms with Crippen molar-refractivity contribution in [1.29, 1.82) is 0 Å². The summed E-state index contributed by atoms with van der Waals surface area (Å²) in [5.74, 6) is 1.04. The molecule has 1 aliphatic rings. The highest BCUT2D eigenvalue weighted by Crippen LogP contribution is 2.24. The Labute approximate surface area is 204 Å². The number of aromatic nitrogens is 6. The van der Waals surface area contributed by atoms with Crippen molar-refractivity contribution < 1.29 is 18.0 Å². The number of alkyl halides is 3. The van der Waals surface area contributed by atoms with Crippen molar-refractivity contribution in [2.24, 2.45) is 7.05 Å². The van der Waals surface area contributed by atoms with Crippen molar-refractivity contribution in [3.8, 4) is 11.4 Å². The van der Waals surface area contributed by atoms with Crippen molar-refractivity contribution in [3.63, 3.8) is 0 Å². The Morgan fingerprint density at radius 2 is 1.92 bits per heavy atom. The number of rotatable bonds is 6. The number of hydrogen-bond acceptors (Lipinski definition) is 7. The monoisotopic (exact) mass is 499 g/mol. The number of H-pyrrole nitrogens is 1. The quantitative estimate of drug-likeness (QED) is 0.420. The summed E-state index contributed by atoms with van der Waals surface area (Å²) in [5.41, 5.74) is 3.53. The Kier molecular flexibility index (Phi) is 6.31. The fourth-order valence-corrected chi connectivity index (χ4v) is 4.22. The molecule has 1 aromatic carbocycles. The van der Waals surface area contributed by atoms with Crippen LogP contribution in [0.5, 0.6) is 0 Å². The minimum Gasteiger partial charge on any atom is -0.340 e. The van der Waals surface area contributed by atoms with Crippen LogP contribution in [-0.2, 0) is 18.4 Å². The molecule has 10 nitrogen and oxygen atoms in total. The number of hydrogen-bond donors (Lipinski definition) is 2. The molecule has 1 aliphatic heterocycles. The fourth-order valence-electron chi connectivity index (χ4n) is 4.22. The van der Waals surface area contributed by atoms with E-state index in [0.717, 1.165) is 28.0 Å². The number of benzene rings is 1. The molecule has 188 valence electrons. The van der Waals surface area contributed by atoms with Crippen LogP contribution in [0, 0.1) is 0 Å². The Balaban J connectivity index is 1.21. The number of carbonyl (C=O) groups is 1. The van der Waals surface area contributed by atoms with Crippen LogP contribution in [0.3, 0.4) is 0 Å². The van der Waals surface area contributed by atoms with Gasteiger partial charge < -0.3 is 15.2 Å². The number of aromatic amines is 1. The van der Waals surface area contributed by atoms with Gasteiger partial charge in [-0.15, -0.1) is 0 Å². The van der Waals surface area contributed by atoms with Gasteiger partial charge >= 0.3 is 6.18 Å². The highest BCUT2D eigenvalue weighted by Gasteiger charge is 2.34. The van der Waals surface area contributed by atoms with Crippen molar-refractivity contribution >= 4 is 28.7 Å². The van der Waals surface area contributed by atoms with E-state index in [4.69, 9.17) is 0 Å². The first-order valence-corrected chi connectivity index (χ1v) is 11.4. The molecular formula is C23H24F3N9O. The summed E-state index contributed by atoms with van der Waals surface area (Å²) < 4.78 is 39.2. The average molecular weight is 500 g/mol. The van der Waals surface area contributed by atoms with E-state index in [1.807, 2.05) is 37.4 Å². The number of halogens is 3. The van der Waals surface area contributed by atoms with E-state index >= 15 is 0 Å². The van der Waals surface area contributed by atoms with E-state index in [1.54, 1.807) is 10.9 Å². The maximum absolute atomic E-state index is 12.5. The molecule has 0 bridgehead atoms. The highest BCUT2D eigenvalue weighted by molar-refractivity contribution is 5.82. The lowest BCUT2D eigenvalue weighted by molar-refractivity contribution is -0.162. The molecular weight excluding hydrogens is 475 g/mol. The minimum absolute atomic E-state index is 0.278. The Bertz CT molecular complexity index is 1370. The third-order valence-electron chi connectivity index (χ3n) is 6.01. The molecule has 3 aromatic heterocycles. The van der Waals surface area contributed by atoms with Crippen LogP contribution in [0.25, 0.3) is 22.4 Å². The maximum atomic E-state index is 12.5. The lowest BCUT2D eigenvalue weighted by Crippen LogP contribution is -2.49. The van der Waals surface area contributed by atoms with Gasteiger partial charge in [-0.3, -0.25) is 9.69 Å². The first-order chi connectivity index (χ1) is 17.2. The molecule has 1 saturated heterocycles. The number of carbonyl (C=O) groups excluding carboxylic acids is 1. The van der Waals surface area contributed by atoms with Crippen molar-refractivity contribution in [1.82, 2.24) is 39.5 Å². The lowest BCUT2D eigenvalue weighted by Gasteiger charge is -2.35. The summed E-state index contributed by atoms with van der Waals surface area (Å²) in [7, 11) is 1.83. The van der Waals surface area contributed by atoms with Gasteiger partial charge in [-0.2, -0.15) is 18.3 Å². The van der Waals surface area contributed by atoms with E-state index in [0.29, 0.717) is 31.4 Å². The summed E-state index contributed by atoms with van der Waals surface area (Å²) in [5, 5.41) is 7.30. The molecule has 0 aliphatic carbocycles. The Hall–Kier alpha value is -4.00. The number of imidazole rings is 1. The molecule has 5 rings (SSSR count). The maximum Gasteiger partial charge on any atom is 0.397 e. The number of anilines is 2. The smallest absolute Gasteiger partial charge is 0.340 e. The third kappa shape index (κ3) is 5.46. The summed E-state index contributed by atoms with van der Waals surface area (Å²) in [6.45, 7) is 2.17. The van der Waals surface area contributed by atoms with Crippen LogP contribution < -0.4 is 5.32 Å². The molecule has 1 amide bonds. The normalized spacial score (nSPS) is 14.9. The molecule has 0 radical (unpaired) electrons. The largest absolute Gasteiger partial charge is 0.397 e. The second kappa shape index (κ2) is 9.57. The first kappa shape index (κ1) is 23.7. The van der Waals surface area contributed by atoms with Gasteiger partial charge in [0.05, 0.1) is 11.0 Å². The average Bonchev–Trinajstić information content (AvgIpc) is 3.43. The van der Waals surface area contributed by atoms with Crippen LogP contribution in [-0.4, -0.2) is 77.8 Å². The van der Waals surface area contributed by atoms with Gasteiger partial charge in [-0.25, -0.2) is 19.6 Å². The van der Waals surface area contributed by atoms with E-state index in [2.05, 4.69) is 35.3 Å². The van der Waals surface area contributed by atoms with Crippen molar-refractivity contribution in [3.05, 3.63) is 48.4 Å². The van der Waals surface area contributed by atoms with Gasteiger partial charge in [-0.1, -0.05) is 0 Å². The zero-order chi connectivity index (χ0) is 25.3. The number of nitrogens with one attached hydrogen (secondary N) is 2. The Morgan fingerprint density at radius 3 is 2.64 bits per heavy atom. The zero-order valence-electron chi connectivity index (χ0n) is 19.5. The van der Waals surface area contributed by atoms with Crippen molar-refractivity contribution in [2.45, 2.75) is 19.1 Å². The molecule has 13 heteroatoms. The molecule has 0 saturated carbocycles. The number of aryl methyl sites for hydroxylation is 1. The Morgan fingerprint density at radius 1 is 1.11 bits per heavy atom. The van der Waals surface area contributed by atoms with Crippen molar-refractivity contribution in [2.75, 3.05) is 31.5 Å². The van der Waals surface area contributed by atoms with Crippen LogP contribution in [0.1, 0.15) is 12.0 Å². The van der Waals surface area contributed by atoms with Gasteiger partial charge in [0.15, 0.2) is 5.82 Å². The van der Waals surface area contributed by atoms with Gasteiger partial charge in [0.1, 0.15) is 18.6 Å². The third-order valence-corrected chi connectivity index (χ3v) is 6.01. The van der Waals surface area contributed by atoms with Gasteiger partial charge in [-0.05, 0) is 35.9 Å². The molecule has 0 unspecified atom stereocenters. The molecule has 0 spiro atoms. The summed E-state index contributed by atoms with van der Waals surface area (Å²) in [6, 6.07) is 9.59. The van der Waals surface area contributed by atoms with Crippen LogP contribution in [0.15, 0.2) is 42.9 Å². The predicted molar refractivity (Wildman–Crippen MR) is 126 cm³/mol. The molecule has 2 N–H and O–H groups in total. The number of pyridine rings is 1. The van der Waals surface area contributed by atoms with E-state index in [9.17, 15) is 18.0 Å². The summed E-state index contributed by atoms with van der Waals surface area (Å²) in [6.07, 6.45) is -2.69. The van der Waals surface area contributed by atoms with E-state index < -0.39 is 18.5 Å². The van der Waals surface area contributed by atoms with Crippen LogP contribution in [0.4, 0.5) is 24.9 Å². The van der Waals surface area contributed by atoms with E-state index in [-0.39, 0.29) is 13.1 Å². The van der Waals surface area contributed by atoms with E-state index in [1.165, 1.54) is 11.2 Å². The number of amides is 1. The standard InChI is InChI=1S/C23H24F3N9O/c1-33-21(28-14-29-33)16-2-3-17-18(11-16)31-22(30-17)32-19-10-15(4-5-27-19)13-34-6-8-35(9-7-34)20(36)12-23(24,25)26/h2-5,10-11,14H,6-9,12-13H2,1H3,(H2,27,30,31,32). The molecule has 0 atom stereocenters. The van der Waals surface area contributed by atoms with Gasteiger partial charge in [0.2, 0.25) is 11.9 Å². The lowest BCUT2D eigenvalue weighted by atomic mass is 10.2. The van der Waals surface area contributed by atoms with Crippen LogP contribution in [0.2, 0.25) is 0 Å². The molecule has 4 aromatic rings. The second-order valence-electron chi connectivity index (χ2n) is 8.65.